The lowest BCUT2D eigenvalue weighted by Gasteiger charge is -2.33. The summed E-state index contributed by atoms with van der Waals surface area (Å²) in [6, 6.07) is 0.462. The van der Waals surface area contributed by atoms with Gasteiger partial charge in [0.25, 0.3) is 0 Å². The summed E-state index contributed by atoms with van der Waals surface area (Å²) in [5, 5.41) is 4.27. The van der Waals surface area contributed by atoms with Gasteiger partial charge < -0.3 is 5.73 Å². The van der Waals surface area contributed by atoms with Crippen molar-refractivity contribution in [2.75, 3.05) is 13.1 Å². The lowest BCUT2D eigenvalue weighted by molar-refractivity contribution is 0.178. The number of hydrogen-bond donors (Lipinski definition) is 1. The molecule has 0 saturated heterocycles. The van der Waals surface area contributed by atoms with E-state index in [-0.39, 0.29) is 6.04 Å². The summed E-state index contributed by atoms with van der Waals surface area (Å²) >= 11 is 0. The molecule has 0 aromatic carbocycles. The maximum Gasteiger partial charge on any atom is 0.0538 e. The lowest BCUT2D eigenvalue weighted by Crippen LogP contribution is -2.41. The van der Waals surface area contributed by atoms with Crippen molar-refractivity contribution < 1.29 is 0 Å². The number of aromatic nitrogens is 2. The molecule has 0 amide bonds. The molecule has 98 valence electrons. The standard InChI is InChI=1S/C13H26N4/c1-5-8-17(7-3)13(12(14)6-2)11-9-15-16(4)10-11/h9-10,12-13H,5-8,14H2,1-4H3. The second-order valence-corrected chi connectivity index (χ2v) is 4.59. The van der Waals surface area contributed by atoms with Gasteiger partial charge in [-0.05, 0) is 25.9 Å². The Morgan fingerprint density at radius 2 is 2.12 bits per heavy atom. The zero-order valence-corrected chi connectivity index (χ0v) is 11.6. The molecule has 1 rings (SSSR count). The van der Waals surface area contributed by atoms with E-state index in [4.69, 9.17) is 5.73 Å². The lowest BCUT2D eigenvalue weighted by atomic mass is 9.99. The van der Waals surface area contributed by atoms with Crippen LogP contribution in [0.1, 0.15) is 45.2 Å². The molecular formula is C13H26N4. The SMILES string of the molecule is CCCN(CC)C(c1cnn(C)c1)C(N)CC. The van der Waals surface area contributed by atoms with Crippen molar-refractivity contribution in [3.05, 3.63) is 18.0 Å². The smallest absolute Gasteiger partial charge is 0.0538 e. The molecule has 4 heteroatoms. The second kappa shape index (κ2) is 6.77. The van der Waals surface area contributed by atoms with Crippen molar-refractivity contribution in [3.8, 4) is 0 Å². The molecule has 1 aromatic rings. The van der Waals surface area contributed by atoms with Gasteiger partial charge in [-0.25, -0.2) is 0 Å². The van der Waals surface area contributed by atoms with Crippen LogP contribution in [0.3, 0.4) is 0 Å². The number of rotatable bonds is 7. The van der Waals surface area contributed by atoms with E-state index in [0.29, 0.717) is 6.04 Å². The summed E-state index contributed by atoms with van der Waals surface area (Å²) in [6.45, 7) is 8.67. The van der Waals surface area contributed by atoms with Crippen LogP contribution in [-0.4, -0.2) is 33.8 Å². The molecule has 17 heavy (non-hydrogen) atoms. The maximum atomic E-state index is 6.29. The van der Waals surface area contributed by atoms with Crippen LogP contribution < -0.4 is 5.73 Å². The molecule has 0 fully saturated rings. The van der Waals surface area contributed by atoms with Gasteiger partial charge in [0, 0.05) is 24.8 Å². The van der Waals surface area contributed by atoms with E-state index in [2.05, 4.69) is 37.0 Å². The monoisotopic (exact) mass is 238 g/mol. The molecule has 0 bridgehead atoms. The third-order valence-corrected chi connectivity index (χ3v) is 3.25. The summed E-state index contributed by atoms with van der Waals surface area (Å²) in [5.74, 6) is 0. The highest BCUT2D eigenvalue weighted by atomic mass is 15.3. The molecule has 0 aliphatic rings. The van der Waals surface area contributed by atoms with Gasteiger partial charge in [-0.3, -0.25) is 9.58 Å². The summed E-state index contributed by atoms with van der Waals surface area (Å²) in [5.41, 5.74) is 7.52. The number of hydrogen-bond acceptors (Lipinski definition) is 3. The summed E-state index contributed by atoms with van der Waals surface area (Å²) < 4.78 is 1.85. The molecular weight excluding hydrogens is 212 g/mol. The first-order valence-electron chi connectivity index (χ1n) is 6.62. The number of likely N-dealkylation sites (N-methyl/N-ethyl adjacent to an activating group) is 1. The van der Waals surface area contributed by atoms with Crippen LogP contribution in [-0.2, 0) is 7.05 Å². The number of aryl methyl sites for hydroxylation is 1. The van der Waals surface area contributed by atoms with Crippen LogP contribution in [0.5, 0.6) is 0 Å². The fourth-order valence-electron chi connectivity index (χ4n) is 2.33. The number of nitrogens with two attached hydrogens (primary N) is 1. The van der Waals surface area contributed by atoms with E-state index in [1.165, 1.54) is 5.56 Å². The van der Waals surface area contributed by atoms with Crippen LogP contribution in [0.25, 0.3) is 0 Å². The Labute approximate surface area is 105 Å². The van der Waals surface area contributed by atoms with Crippen LogP contribution in [0, 0.1) is 0 Å². The first kappa shape index (κ1) is 14.2. The molecule has 0 spiro atoms. The van der Waals surface area contributed by atoms with Crippen molar-refractivity contribution in [1.82, 2.24) is 14.7 Å². The molecule has 4 nitrogen and oxygen atoms in total. The largest absolute Gasteiger partial charge is 0.326 e. The Morgan fingerprint density at radius 1 is 1.41 bits per heavy atom. The van der Waals surface area contributed by atoms with Crippen LogP contribution >= 0.6 is 0 Å². The fourth-order valence-corrected chi connectivity index (χ4v) is 2.33. The fraction of sp³-hybridized carbons (Fsp3) is 0.769. The number of nitrogens with zero attached hydrogens (tertiary/aromatic N) is 3. The van der Waals surface area contributed by atoms with Crippen molar-refractivity contribution in [2.24, 2.45) is 12.8 Å². The third kappa shape index (κ3) is 3.54. The molecule has 2 unspecified atom stereocenters. The highest BCUT2D eigenvalue weighted by Crippen LogP contribution is 2.24. The molecule has 1 aromatic heterocycles. The van der Waals surface area contributed by atoms with Crippen molar-refractivity contribution in [2.45, 2.75) is 45.7 Å². The maximum absolute atomic E-state index is 6.29. The van der Waals surface area contributed by atoms with Crippen molar-refractivity contribution in [3.63, 3.8) is 0 Å². The van der Waals surface area contributed by atoms with Gasteiger partial charge in [-0.1, -0.05) is 20.8 Å². The minimum Gasteiger partial charge on any atom is -0.326 e. The van der Waals surface area contributed by atoms with Gasteiger partial charge in [-0.15, -0.1) is 0 Å². The predicted octanol–water partition coefficient (Wildman–Crippen LogP) is 1.93. The first-order valence-corrected chi connectivity index (χ1v) is 6.62. The molecule has 0 aliphatic heterocycles. The second-order valence-electron chi connectivity index (χ2n) is 4.59. The molecule has 2 atom stereocenters. The average Bonchev–Trinajstić information content (AvgIpc) is 2.74. The molecule has 0 radical (unpaired) electrons. The van der Waals surface area contributed by atoms with Crippen LogP contribution in [0.2, 0.25) is 0 Å². The van der Waals surface area contributed by atoms with Gasteiger partial charge in [0.2, 0.25) is 0 Å². The van der Waals surface area contributed by atoms with Crippen LogP contribution in [0.4, 0.5) is 0 Å². The molecule has 1 heterocycles. The minimum absolute atomic E-state index is 0.172. The van der Waals surface area contributed by atoms with Gasteiger partial charge in [-0.2, -0.15) is 5.10 Å². The first-order chi connectivity index (χ1) is 8.13. The quantitative estimate of drug-likeness (QED) is 0.789. The third-order valence-electron chi connectivity index (χ3n) is 3.25. The van der Waals surface area contributed by atoms with E-state index >= 15 is 0 Å². The van der Waals surface area contributed by atoms with E-state index in [0.717, 1.165) is 25.9 Å². The zero-order chi connectivity index (χ0) is 12.8. The molecule has 0 aliphatic carbocycles. The summed E-state index contributed by atoms with van der Waals surface area (Å²) in [4.78, 5) is 2.45. The predicted molar refractivity (Wildman–Crippen MR) is 71.8 cm³/mol. The van der Waals surface area contributed by atoms with Gasteiger partial charge >= 0.3 is 0 Å². The minimum atomic E-state index is 0.172. The summed E-state index contributed by atoms with van der Waals surface area (Å²) in [7, 11) is 1.95. The normalized spacial score (nSPS) is 15.2. The highest BCUT2D eigenvalue weighted by Gasteiger charge is 2.25. The van der Waals surface area contributed by atoms with E-state index in [1.807, 2.05) is 17.9 Å². The topological polar surface area (TPSA) is 47.1 Å². The van der Waals surface area contributed by atoms with E-state index in [1.54, 1.807) is 0 Å². The molecule has 2 N–H and O–H groups in total. The Bertz CT molecular complexity index is 321. The van der Waals surface area contributed by atoms with E-state index < -0.39 is 0 Å². The highest BCUT2D eigenvalue weighted by molar-refractivity contribution is 5.13. The Kier molecular flexibility index (Phi) is 5.65. The Morgan fingerprint density at radius 3 is 2.53 bits per heavy atom. The zero-order valence-electron chi connectivity index (χ0n) is 11.6. The van der Waals surface area contributed by atoms with Gasteiger partial charge in [0.15, 0.2) is 0 Å². The van der Waals surface area contributed by atoms with Gasteiger partial charge in [0.05, 0.1) is 12.2 Å². The van der Waals surface area contributed by atoms with Gasteiger partial charge in [0.1, 0.15) is 0 Å². The van der Waals surface area contributed by atoms with E-state index in [9.17, 15) is 0 Å². The van der Waals surface area contributed by atoms with Crippen molar-refractivity contribution >= 4 is 0 Å². The van der Waals surface area contributed by atoms with Crippen molar-refractivity contribution in [1.29, 1.82) is 0 Å². The Balaban J connectivity index is 2.93. The van der Waals surface area contributed by atoms with Crippen LogP contribution in [0.15, 0.2) is 12.4 Å². The average molecular weight is 238 g/mol. The Hall–Kier alpha value is -0.870. The molecule has 0 saturated carbocycles. The summed E-state index contributed by atoms with van der Waals surface area (Å²) in [6.07, 6.45) is 6.16.